The molecule has 0 spiro atoms. The van der Waals surface area contributed by atoms with Gasteiger partial charge < -0.3 is 14.8 Å². The molecule has 1 amide bonds. The van der Waals surface area contributed by atoms with Crippen LogP contribution >= 0.6 is 23.2 Å². The third-order valence-electron chi connectivity index (χ3n) is 3.17. The van der Waals surface area contributed by atoms with Crippen LogP contribution in [0, 0.1) is 0 Å². The molecule has 122 valence electrons. The minimum Gasteiger partial charge on any atom is -0.493 e. The number of amides is 1. The maximum atomic E-state index is 12.1. The number of pyridine rings is 1. The zero-order valence-electron chi connectivity index (χ0n) is 12.7. The summed E-state index contributed by atoms with van der Waals surface area (Å²) in [7, 11) is 3.16. The SMILES string of the molecule is COc1ccc(CCNC(=O)c2nc(Cl)ccc2Cl)cc1OC. The summed E-state index contributed by atoms with van der Waals surface area (Å²) >= 11 is 11.7. The van der Waals surface area contributed by atoms with Crippen molar-refractivity contribution in [2.75, 3.05) is 20.8 Å². The smallest absolute Gasteiger partial charge is 0.271 e. The van der Waals surface area contributed by atoms with Crippen LogP contribution in [0.4, 0.5) is 0 Å². The summed E-state index contributed by atoms with van der Waals surface area (Å²) < 4.78 is 10.4. The standard InChI is InChI=1S/C16H16Cl2N2O3/c1-22-12-5-3-10(9-13(12)23-2)7-8-19-16(21)15-11(17)4-6-14(18)20-15/h3-6,9H,7-8H2,1-2H3,(H,19,21). The molecule has 0 saturated carbocycles. The van der Waals surface area contributed by atoms with Crippen molar-refractivity contribution in [2.45, 2.75) is 6.42 Å². The van der Waals surface area contributed by atoms with Crippen molar-refractivity contribution in [3.63, 3.8) is 0 Å². The molecule has 5 nitrogen and oxygen atoms in total. The molecule has 0 fully saturated rings. The number of nitrogens with zero attached hydrogens (tertiary/aromatic N) is 1. The van der Waals surface area contributed by atoms with Gasteiger partial charge in [0.1, 0.15) is 10.8 Å². The molecule has 0 aliphatic rings. The number of rotatable bonds is 6. The Morgan fingerprint density at radius 1 is 1.13 bits per heavy atom. The molecule has 0 aliphatic carbocycles. The topological polar surface area (TPSA) is 60.5 Å². The van der Waals surface area contributed by atoms with Gasteiger partial charge in [0.25, 0.3) is 5.91 Å². The van der Waals surface area contributed by atoms with Crippen LogP contribution < -0.4 is 14.8 Å². The van der Waals surface area contributed by atoms with E-state index in [1.807, 2.05) is 18.2 Å². The van der Waals surface area contributed by atoms with Crippen molar-refractivity contribution >= 4 is 29.1 Å². The summed E-state index contributed by atoms with van der Waals surface area (Å²) in [6.45, 7) is 0.429. The quantitative estimate of drug-likeness (QED) is 0.807. The third kappa shape index (κ3) is 4.50. The molecule has 0 saturated heterocycles. The fraction of sp³-hybridized carbons (Fsp3) is 0.250. The average molecular weight is 355 g/mol. The molecule has 7 heteroatoms. The van der Waals surface area contributed by atoms with Crippen molar-refractivity contribution in [3.05, 3.63) is 51.8 Å². The normalized spacial score (nSPS) is 10.3. The molecule has 0 unspecified atom stereocenters. The lowest BCUT2D eigenvalue weighted by Crippen LogP contribution is -2.26. The Hall–Kier alpha value is -1.98. The summed E-state index contributed by atoms with van der Waals surface area (Å²) in [5.74, 6) is 0.948. The minimum absolute atomic E-state index is 0.117. The number of methoxy groups -OCH3 is 2. The van der Waals surface area contributed by atoms with Gasteiger partial charge in [0, 0.05) is 6.54 Å². The Kier molecular flexibility index (Phi) is 6.07. The van der Waals surface area contributed by atoms with E-state index >= 15 is 0 Å². The van der Waals surface area contributed by atoms with E-state index in [-0.39, 0.29) is 21.8 Å². The highest BCUT2D eigenvalue weighted by Crippen LogP contribution is 2.27. The van der Waals surface area contributed by atoms with Gasteiger partial charge >= 0.3 is 0 Å². The Bertz CT molecular complexity index is 708. The van der Waals surface area contributed by atoms with E-state index in [0.717, 1.165) is 5.56 Å². The Balaban J connectivity index is 1.97. The summed E-state index contributed by atoms with van der Waals surface area (Å²) in [4.78, 5) is 16.0. The predicted octanol–water partition coefficient (Wildman–Crippen LogP) is 3.38. The Labute approximate surface area is 144 Å². The van der Waals surface area contributed by atoms with Crippen LogP contribution in [0.3, 0.4) is 0 Å². The van der Waals surface area contributed by atoms with Crippen molar-refractivity contribution in [3.8, 4) is 11.5 Å². The molecule has 1 N–H and O–H groups in total. The van der Waals surface area contributed by atoms with E-state index in [1.54, 1.807) is 20.3 Å². The number of hydrogen-bond donors (Lipinski definition) is 1. The molecule has 0 aliphatic heterocycles. The fourth-order valence-corrected chi connectivity index (χ4v) is 2.36. The van der Waals surface area contributed by atoms with Gasteiger partial charge in [-0.2, -0.15) is 0 Å². The maximum Gasteiger partial charge on any atom is 0.271 e. The van der Waals surface area contributed by atoms with Crippen LogP contribution in [-0.2, 0) is 6.42 Å². The van der Waals surface area contributed by atoms with Crippen molar-refractivity contribution < 1.29 is 14.3 Å². The van der Waals surface area contributed by atoms with Crippen LogP contribution in [0.2, 0.25) is 10.2 Å². The largest absolute Gasteiger partial charge is 0.493 e. The van der Waals surface area contributed by atoms with E-state index in [0.29, 0.717) is 24.5 Å². The number of nitrogens with one attached hydrogen (secondary N) is 1. The van der Waals surface area contributed by atoms with Crippen molar-refractivity contribution in [1.82, 2.24) is 10.3 Å². The molecule has 2 aromatic rings. The van der Waals surface area contributed by atoms with E-state index in [4.69, 9.17) is 32.7 Å². The second-order valence-electron chi connectivity index (χ2n) is 4.66. The van der Waals surface area contributed by atoms with Gasteiger partial charge in [-0.05, 0) is 36.2 Å². The first-order valence-corrected chi connectivity index (χ1v) is 7.62. The van der Waals surface area contributed by atoms with Crippen LogP contribution in [0.15, 0.2) is 30.3 Å². The highest BCUT2D eigenvalue weighted by Gasteiger charge is 2.12. The van der Waals surface area contributed by atoms with Crippen LogP contribution in [0.5, 0.6) is 11.5 Å². The zero-order chi connectivity index (χ0) is 16.8. The number of hydrogen-bond acceptors (Lipinski definition) is 4. The monoisotopic (exact) mass is 354 g/mol. The third-order valence-corrected chi connectivity index (χ3v) is 3.69. The molecule has 0 radical (unpaired) electrons. The van der Waals surface area contributed by atoms with Gasteiger partial charge in [0.05, 0.1) is 19.2 Å². The van der Waals surface area contributed by atoms with Crippen LogP contribution in [0.1, 0.15) is 16.1 Å². The first-order valence-electron chi connectivity index (χ1n) is 6.86. The average Bonchev–Trinajstić information content (AvgIpc) is 2.56. The summed E-state index contributed by atoms with van der Waals surface area (Å²) in [5, 5.41) is 3.25. The molecular weight excluding hydrogens is 339 g/mol. The summed E-state index contributed by atoms with van der Waals surface area (Å²) in [6, 6.07) is 8.68. The van der Waals surface area contributed by atoms with Gasteiger partial charge in [0.2, 0.25) is 0 Å². The van der Waals surface area contributed by atoms with Crippen LogP contribution in [-0.4, -0.2) is 31.7 Å². The van der Waals surface area contributed by atoms with Gasteiger partial charge in [-0.1, -0.05) is 29.3 Å². The fourth-order valence-electron chi connectivity index (χ4n) is 2.02. The Morgan fingerprint density at radius 3 is 2.57 bits per heavy atom. The summed E-state index contributed by atoms with van der Waals surface area (Å²) in [5.41, 5.74) is 1.12. The lowest BCUT2D eigenvalue weighted by Gasteiger charge is -2.10. The highest BCUT2D eigenvalue weighted by atomic mass is 35.5. The minimum atomic E-state index is -0.363. The molecule has 1 aromatic carbocycles. The molecule has 0 atom stereocenters. The van der Waals surface area contributed by atoms with Gasteiger partial charge in [0.15, 0.2) is 11.5 Å². The molecule has 2 rings (SSSR count). The lowest BCUT2D eigenvalue weighted by atomic mass is 10.1. The van der Waals surface area contributed by atoms with Gasteiger partial charge in [-0.3, -0.25) is 4.79 Å². The van der Waals surface area contributed by atoms with Crippen molar-refractivity contribution in [1.29, 1.82) is 0 Å². The number of benzene rings is 1. The number of halogens is 2. The molecule has 23 heavy (non-hydrogen) atoms. The number of aromatic nitrogens is 1. The zero-order valence-corrected chi connectivity index (χ0v) is 14.2. The number of carbonyl (C=O) groups is 1. The van der Waals surface area contributed by atoms with Gasteiger partial charge in [-0.25, -0.2) is 4.98 Å². The van der Waals surface area contributed by atoms with Crippen LogP contribution in [0.25, 0.3) is 0 Å². The van der Waals surface area contributed by atoms with Gasteiger partial charge in [-0.15, -0.1) is 0 Å². The molecule has 0 bridgehead atoms. The molecular formula is C16H16Cl2N2O3. The predicted molar refractivity (Wildman–Crippen MR) is 89.8 cm³/mol. The first kappa shape index (κ1) is 17.4. The summed E-state index contributed by atoms with van der Waals surface area (Å²) in [6.07, 6.45) is 0.629. The first-order chi connectivity index (χ1) is 11.0. The van der Waals surface area contributed by atoms with E-state index < -0.39 is 0 Å². The van der Waals surface area contributed by atoms with E-state index in [9.17, 15) is 4.79 Å². The maximum absolute atomic E-state index is 12.1. The number of carbonyl (C=O) groups excluding carboxylic acids is 1. The lowest BCUT2D eigenvalue weighted by molar-refractivity contribution is 0.0949. The molecule has 1 aromatic heterocycles. The second kappa shape index (κ2) is 8.04. The Morgan fingerprint density at radius 2 is 1.87 bits per heavy atom. The van der Waals surface area contributed by atoms with Crippen molar-refractivity contribution in [2.24, 2.45) is 0 Å². The van der Waals surface area contributed by atoms with E-state index in [1.165, 1.54) is 6.07 Å². The second-order valence-corrected chi connectivity index (χ2v) is 5.45. The number of ether oxygens (including phenoxy) is 2. The molecule has 1 heterocycles. The van der Waals surface area contributed by atoms with E-state index in [2.05, 4.69) is 10.3 Å². The highest BCUT2D eigenvalue weighted by molar-refractivity contribution is 6.34.